The molecular formula is C18H22N2O4. The molecule has 1 aromatic carbocycles. The van der Waals surface area contributed by atoms with Gasteiger partial charge in [0.05, 0.1) is 25.5 Å². The molecule has 0 saturated carbocycles. The van der Waals surface area contributed by atoms with Gasteiger partial charge >= 0.3 is 0 Å². The van der Waals surface area contributed by atoms with E-state index in [1.807, 2.05) is 12.1 Å². The molecule has 1 aliphatic heterocycles. The van der Waals surface area contributed by atoms with Crippen LogP contribution >= 0.6 is 0 Å². The molecule has 0 aliphatic carbocycles. The zero-order chi connectivity index (χ0) is 16.8. The fraction of sp³-hybridized carbons (Fsp3) is 0.389. The highest BCUT2D eigenvalue weighted by Crippen LogP contribution is 2.13. The van der Waals surface area contributed by atoms with Gasteiger partial charge in [0.1, 0.15) is 11.5 Å². The number of nitrogens with one attached hydrogen (secondary N) is 1. The number of amides is 1. The van der Waals surface area contributed by atoms with Crippen LogP contribution in [0.15, 0.2) is 47.1 Å². The first-order valence-electron chi connectivity index (χ1n) is 8.14. The summed E-state index contributed by atoms with van der Waals surface area (Å²) in [7, 11) is 0. The van der Waals surface area contributed by atoms with Gasteiger partial charge in [-0.1, -0.05) is 6.07 Å². The van der Waals surface area contributed by atoms with Gasteiger partial charge in [-0.2, -0.15) is 0 Å². The van der Waals surface area contributed by atoms with Gasteiger partial charge in [0.25, 0.3) is 5.91 Å². The Hall–Kier alpha value is -2.31. The van der Waals surface area contributed by atoms with Crippen molar-refractivity contribution in [3.05, 3.63) is 54.0 Å². The zero-order valence-corrected chi connectivity index (χ0v) is 13.5. The van der Waals surface area contributed by atoms with Crippen LogP contribution in [-0.4, -0.2) is 48.3 Å². The molecular weight excluding hydrogens is 308 g/mol. The van der Waals surface area contributed by atoms with Gasteiger partial charge in [0.15, 0.2) is 0 Å². The smallest absolute Gasteiger partial charge is 0.251 e. The van der Waals surface area contributed by atoms with Crippen molar-refractivity contribution in [3.63, 3.8) is 0 Å². The topological polar surface area (TPSA) is 74.9 Å². The first-order valence-corrected chi connectivity index (χ1v) is 8.14. The van der Waals surface area contributed by atoms with Gasteiger partial charge in [-0.15, -0.1) is 0 Å². The summed E-state index contributed by atoms with van der Waals surface area (Å²) < 4.78 is 11.2. The number of phenolic OH excluding ortho intramolecular Hbond substituents is 1. The molecule has 1 saturated heterocycles. The van der Waals surface area contributed by atoms with Crippen molar-refractivity contribution >= 4 is 5.91 Å². The Balaban J connectivity index is 1.42. The molecule has 1 amide bonds. The van der Waals surface area contributed by atoms with Crippen molar-refractivity contribution in [2.45, 2.75) is 19.1 Å². The van der Waals surface area contributed by atoms with Crippen LogP contribution in [0.25, 0.3) is 0 Å². The molecule has 0 radical (unpaired) electrons. The molecule has 2 N–H and O–H groups in total. The van der Waals surface area contributed by atoms with Crippen LogP contribution < -0.4 is 5.32 Å². The monoisotopic (exact) mass is 330 g/mol. The summed E-state index contributed by atoms with van der Waals surface area (Å²) in [6.45, 7) is 3.71. The number of carbonyl (C=O) groups excluding carboxylic acids is 1. The summed E-state index contributed by atoms with van der Waals surface area (Å²) in [4.78, 5) is 14.3. The highest BCUT2D eigenvalue weighted by atomic mass is 16.5. The van der Waals surface area contributed by atoms with Gasteiger partial charge < -0.3 is 19.6 Å². The quantitative estimate of drug-likeness (QED) is 0.847. The van der Waals surface area contributed by atoms with E-state index in [1.54, 1.807) is 24.5 Å². The van der Waals surface area contributed by atoms with Gasteiger partial charge in [0.2, 0.25) is 0 Å². The van der Waals surface area contributed by atoms with E-state index >= 15 is 0 Å². The third kappa shape index (κ3) is 4.59. The number of carbonyl (C=O) groups is 1. The maximum atomic E-state index is 12.0. The maximum Gasteiger partial charge on any atom is 0.251 e. The van der Waals surface area contributed by atoms with E-state index < -0.39 is 0 Å². The number of nitrogens with zero attached hydrogens (tertiary/aromatic N) is 1. The second-order valence-corrected chi connectivity index (χ2v) is 5.90. The van der Waals surface area contributed by atoms with Crippen molar-refractivity contribution in [1.29, 1.82) is 0 Å². The fourth-order valence-corrected chi connectivity index (χ4v) is 2.82. The highest BCUT2D eigenvalue weighted by molar-refractivity contribution is 5.94. The number of aromatic hydroxyl groups is 1. The van der Waals surface area contributed by atoms with E-state index in [0.29, 0.717) is 18.7 Å². The molecule has 24 heavy (non-hydrogen) atoms. The standard InChI is InChI=1S/C18H22N2O4/c21-15-4-1-3-14(11-15)18(22)19-7-6-17-13-20(8-10-24-17)12-16-5-2-9-23-16/h1-5,9,11,17,21H,6-8,10,12-13H2,(H,19,22)/t17-/m0/s1. The Labute approximate surface area is 141 Å². The average Bonchev–Trinajstić information content (AvgIpc) is 3.08. The summed E-state index contributed by atoms with van der Waals surface area (Å²) in [5.41, 5.74) is 0.457. The lowest BCUT2D eigenvalue weighted by Crippen LogP contribution is -2.43. The minimum absolute atomic E-state index is 0.0897. The SMILES string of the molecule is O=C(NCC[C@H]1CN(Cc2ccco2)CCO1)c1cccc(O)c1. The van der Waals surface area contributed by atoms with Gasteiger partial charge in [-0.25, -0.2) is 0 Å². The number of hydrogen-bond donors (Lipinski definition) is 2. The van der Waals surface area contributed by atoms with Crippen LogP contribution in [0.3, 0.4) is 0 Å². The van der Waals surface area contributed by atoms with Crippen molar-refractivity contribution in [1.82, 2.24) is 10.2 Å². The highest BCUT2D eigenvalue weighted by Gasteiger charge is 2.21. The lowest BCUT2D eigenvalue weighted by Gasteiger charge is -2.32. The largest absolute Gasteiger partial charge is 0.508 e. The van der Waals surface area contributed by atoms with E-state index in [9.17, 15) is 9.90 Å². The Morgan fingerprint density at radius 3 is 3.04 bits per heavy atom. The van der Waals surface area contributed by atoms with Crippen LogP contribution in [-0.2, 0) is 11.3 Å². The summed E-state index contributed by atoms with van der Waals surface area (Å²) in [6.07, 6.45) is 2.53. The lowest BCUT2D eigenvalue weighted by molar-refractivity contribution is -0.0358. The minimum Gasteiger partial charge on any atom is -0.508 e. The third-order valence-corrected chi connectivity index (χ3v) is 4.04. The Morgan fingerprint density at radius 1 is 1.33 bits per heavy atom. The molecule has 128 valence electrons. The summed E-state index contributed by atoms with van der Waals surface area (Å²) >= 11 is 0. The molecule has 1 aliphatic rings. The van der Waals surface area contributed by atoms with Gasteiger partial charge in [0, 0.05) is 25.2 Å². The molecule has 3 rings (SSSR count). The molecule has 0 unspecified atom stereocenters. The van der Waals surface area contributed by atoms with E-state index in [4.69, 9.17) is 9.15 Å². The Bertz CT molecular complexity index is 657. The number of benzene rings is 1. The number of phenols is 1. The summed E-state index contributed by atoms with van der Waals surface area (Å²) in [5.74, 6) is 0.855. The van der Waals surface area contributed by atoms with Gasteiger partial charge in [-0.3, -0.25) is 9.69 Å². The van der Waals surface area contributed by atoms with Crippen LogP contribution in [0, 0.1) is 0 Å². The second-order valence-electron chi connectivity index (χ2n) is 5.90. The lowest BCUT2D eigenvalue weighted by atomic mass is 10.1. The molecule has 6 nitrogen and oxygen atoms in total. The van der Waals surface area contributed by atoms with Crippen molar-refractivity contribution in [2.24, 2.45) is 0 Å². The first kappa shape index (κ1) is 16.5. The van der Waals surface area contributed by atoms with E-state index in [1.165, 1.54) is 6.07 Å². The third-order valence-electron chi connectivity index (χ3n) is 4.04. The fourth-order valence-electron chi connectivity index (χ4n) is 2.82. The molecule has 0 bridgehead atoms. The number of hydrogen-bond acceptors (Lipinski definition) is 5. The van der Waals surface area contributed by atoms with Gasteiger partial charge in [-0.05, 0) is 36.8 Å². The number of rotatable bonds is 6. The minimum atomic E-state index is -0.186. The second kappa shape index (κ2) is 7.99. The van der Waals surface area contributed by atoms with Crippen molar-refractivity contribution in [2.75, 3.05) is 26.2 Å². The van der Waals surface area contributed by atoms with E-state index in [2.05, 4.69) is 10.2 Å². The Kier molecular flexibility index (Phi) is 5.51. The molecule has 2 aromatic rings. The number of morpholine rings is 1. The predicted molar refractivity (Wildman–Crippen MR) is 88.8 cm³/mol. The molecule has 6 heteroatoms. The normalized spacial score (nSPS) is 18.4. The summed E-state index contributed by atoms with van der Waals surface area (Å²) in [6, 6.07) is 10.2. The number of furan rings is 1. The van der Waals surface area contributed by atoms with E-state index in [-0.39, 0.29) is 17.8 Å². The van der Waals surface area contributed by atoms with Crippen LogP contribution in [0.1, 0.15) is 22.5 Å². The predicted octanol–water partition coefficient (Wildman–Crippen LogP) is 2.01. The van der Waals surface area contributed by atoms with Crippen LogP contribution in [0.4, 0.5) is 0 Å². The average molecular weight is 330 g/mol. The number of ether oxygens (including phenoxy) is 1. The van der Waals surface area contributed by atoms with Crippen LogP contribution in [0.5, 0.6) is 5.75 Å². The van der Waals surface area contributed by atoms with E-state index in [0.717, 1.165) is 31.8 Å². The molecule has 1 fully saturated rings. The molecule has 1 aromatic heterocycles. The summed E-state index contributed by atoms with van der Waals surface area (Å²) in [5, 5.41) is 12.3. The molecule has 1 atom stereocenters. The van der Waals surface area contributed by atoms with Crippen LogP contribution in [0.2, 0.25) is 0 Å². The van der Waals surface area contributed by atoms with Crippen molar-refractivity contribution in [3.8, 4) is 5.75 Å². The Morgan fingerprint density at radius 2 is 2.25 bits per heavy atom. The first-order chi connectivity index (χ1) is 11.7. The maximum absolute atomic E-state index is 12.0. The van der Waals surface area contributed by atoms with Crippen molar-refractivity contribution < 1.29 is 19.1 Å². The molecule has 0 spiro atoms. The zero-order valence-electron chi connectivity index (χ0n) is 13.5. The molecule has 2 heterocycles.